The number of phenols is 1. The second kappa shape index (κ2) is 7.34. The van der Waals surface area contributed by atoms with Crippen LogP contribution >= 0.6 is 31.9 Å². The summed E-state index contributed by atoms with van der Waals surface area (Å²) in [5, 5.41) is 24.3. The Balaban J connectivity index is 2.13. The van der Waals surface area contributed by atoms with E-state index in [4.69, 9.17) is 0 Å². The average Bonchev–Trinajstić information content (AvgIpc) is 2.51. The molecule has 2 aromatic carbocycles. The Morgan fingerprint density at radius 2 is 2.04 bits per heavy atom. The van der Waals surface area contributed by atoms with Gasteiger partial charge in [0.05, 0.1) is 21.2 Å². The summed E-state index contributed by atoms with van der Waals surface area (Å²) in [7, 11) is 0. The van der Waals surface area contributed by atoms with Crippen LogP contribution in [0.4, 0.5) is 5.69 Å². The highest BCUT2D eigenvalue weighted by Crippen LogP contribution is 2.31. The van der Waals surface area contributed by atoms with Gasteiger partial charge in [0.15, 0.2) is 0 Å². The molecule has 7 nitrogen and oxygen atoms in total. The van der Waals surface area contributed by atoms with Gasteiger partial charge in [-0.25, -0.2) is 5.43 Å². The standard InChI is InChI=1S/C14H9Br2N3O4/c15-9-5-11(13(20)12(16)6-9)14(21)18-17-7-8-2-1-3-10(4-8)19(22)23/h1-7,20H,(H,18,21)/b17-7+. The second-order valence-corrected chi connectivity index (χ2v) is 6.11. The van der Waals surface area contributed by atoms with Gasteiger partial charge in [-0.1, -0.05) is 28.1 Å². The Morgan fingerprint density at radius 3 is 2.74 bits per heavy atom. The molecule has 0 saturated heterocycles. The van der Waals surface area contributed by atoms with E-state index in [2.05, 4.69) is 42.4 Å². The third kappa shape index (κ3) is 4.36. The van der Waals surface area contributed by atoms with Crippen LogP contribution in [0.2, 0.25) is 0 Å². The summed E-state index contributed by atoms with van der Waals surface area (Å²) in [4.78, 5) is 22.2. The van der Waals surface area contributed by atoms with E-state index in [0.717, 1.165) is 0 Å². The summed E-state index contributed by atoms with van der Waals surface area (Å²) < 4.78 is 0.967. The quantitative estimate of drug-likeness (QED) is 0.428. The summed E-state index contributed by atoms with van der Waals surface area (Å²) in [6.07, 6.45) is 1.27. The largest absolute Gasteiger partial charge is 0.506 e. The van der Waals surface area contributed by atoms with Crippen LogP contribution in [-0.4, -0.2) is 22.2 Å². The molecule has 2 aromatic rings. The highest BCUT2D eigenvalue weighted by Gasteiger charge is 2.14. The minimum Gasteiger partial charge on any atom is -0.506 e. The molecule has 2 rings (SSSR count). The highest BCUT2D eigenvalue weighted by atomic mass is 79.9. The minimum absolute atomic E-state index is 0.0300. The minimum atomic E-state index is -0.619. The second-order valence-electron chi connectivity index (χ2n) is 4.34. The van der Waals surface area contributed by atoms with Gasteiger partial charge in [0.1, 0.15) is 5.75 Å². The SMILES string of the molecule is O=C(N/N=C/c1cccc([N+](=O)[O-])c1)c1cc(Br)cc(Br)c1O. The van der Waals surface area contributed by atoms with E-state index < -0.39 is 10.8 Å². The van der Waals surface area contributed by atoms with Crippen LogP contribution < -0.4 is 5.43 Å². The lowest BCUT2D eigenvalue weighted by molar-refractivity contribution is -0.384. The van der Waals surface area contributed by atoms with Crippen LogP contribution in [0.3, 0.4) is 0 Å². The molecule has 9 heteroatoms. The first-order chi connectivity index (χ1) is 10.9. The molecule has 0 fully saturated rings. The van der Waals surface area contributed by atoms with Crippen molar-refractivity contribution in [1.82, 2.24) is 5.43 Å². The Labute approximate surface area is 147 Å². The molecule has 0 heterocycles. The molecule has 0 aliphatic rings. The number of nitrogens with zero attached hydrogens (tertiary/aromatic N) is 2. The van der Waals surface area contributed by atoms with Gasteiger partial charge in [0.25, 0.3) is 11.6 Å². The fraction of sp³-hybridized carbons (Fsp3) is 0. The van der Waals surface area contributed by atoms with Crippen molar-refractivity contribution in [2.45, 2.75) is 0 Å². The molecule has 0 spiro atoms. The number of benzene rings is 2. The number of non-ortho nitro benzene ring substituents is 1. The van der Waals surface area contributed by atoms with Crippen LogP contribution in [0, 0.1) is 10.1 Å². The lowest BCUT2D eigenvalue weighted by Crippen LogP contribution is -2.17. The molecular formula is C14H9Br2N3O4. The smallest absolute Gasteiger partial charge is 0.275 e. The maximum absolute atomic E-state index is 12.0. The van der Waals surface area contributed by atoms with Crippen molar-refractivity contribution in [1.29, 1.82) is 0 Å². The molecule has 0 aromatic heterocycles. The molecule has 0 aliphatic heterocycles. The lowest BCUT2D eigenvalue weighted by atomic mass is 10.2. The van der Waals surface area contributed by atoms with Gasteiger partial charge in [-0.2, -0.15) is 5.10 Å². The average molecular weight is 443 g/mol. The maximum atomic E-state index is 12.0. The zero-order valence-corrected chi connectivity index (χ0v) is 14.5. The van der Waals surface area contributed by atoms with Crippen molar-refractivity contribution in [2.24, 2.45) is 5.10 Å². The van der Waals surface area contributed by atoms with Gasteiger partial charge in [-0.05, 0) is 28.1 Å². The Bertz CT molecular complexity index is 809. The molecule has 0 atom stereocenters. The number of hydrazone groups is 1. The molecule has 2 N–H and O–H groups in total. The first kappa shape index (κ1) is 17.1. The number of phenolic OH excluding ortho intramolecular Hbond substituents is 1. The van der Waals surface area contributed by atoms with Gasteiger partial charge >= 0.3 is 0 Å². The molecule has 0 radical (unpaired) electrons. The lowest BCUT2D eigenvalue weighted by Gasteiger charge is -2.05. The van der Waals surface area contributed by atoms with E-state index in [1.165, 1.54) is 30.5 Å². The summed E-state index contributed by atoms with van der Waals surface area (Å²) in [6, 6.07) is 8.83. The van der Waals surface area contributed by atoms with Crippen molar-refractivity contribution in [3.63, 3.8) is 0 Å². The molecule has 23 heavy (non-hydrogen) atoms. The number of nitro groups is 1. The maximum Gasteiger partial charge on any atom is 0.275 e. The van der Waals surface area contributed by atoms with Crippen LogP contribution in [0.5, 0.6) is 5.75 Å². The molecule has 0 unspecified atom stereocenters. The normalized spacial score (nSPS) is 10.7. The van der Waals surface area contributed by atoms with Gasteiger partial charge in [-0.3, -0.25) is 14.9 Å². The molecule has 0 aliphatic carbocycles. The van der Waals surface area contributed by atoms with Gasteiger partial charge in [0.2, 0.25) is 0 Å². The number of nitrogens with one attached hydrogen (secondary N) is 1. The van der Waals surface area contributed by atoms with Crippen molar-refractivity contribution in [3.05, 3.63) is 66.6 Å². The zero-order chi connectivity index (χ0) is 17.0. The van der Waals surface area contributed by atoms with Crippen LogP contribution in [0.15, 0.2) is 50.4 Å². The van der Waals surface area contributed by atoms with Gasteiger partial charge in [-0.15, -0.1) is 0 Å². The number of nitro benzene ring substituents is 1. The Morgan fingerprint density at radius 1 is 1.30 bits per heavy atom. The number of halogens is 2. The van der Waals surface area contributed by atoms with E-state index in [1.54, 1.807) is 12.1 Å². The van der Waals surface area contributed by atoms with Crippen molar-refractivity contribution < 1.29 is 14.8 Å². The molecule has 0 saturated carbocycles. The van der Waals surface area contributed by atoms with E-state index in [0.29, 0.717) is 14.5 Å². The number of carbonyl (C=O) groups excluding carboxylic acids is 1. The summed E-state index contributed by atoms with van der Waals surface area (Å²) >= 11 is 6.35. The number of hydrogen-bond acceptors (Lipinski definition) is 5. The van der Waals surface area contributed by atoms with E-state index in [9.17, 15) is 20.0 Å². The Hall–Kier alpha value is -2.26. The Kier molecular flexibility index (Phi) is 5.45. The molecular weight excluding hydrogens is 434 g/mol. The van der Waals surface area contributed by atoms with E-state index >= 15 is 0 Å². The number of amides is 1. The molecule has 118 valence electrons. The topological polar surface area (TPSA) is 105 Å². The van der Waals surface area contributed by atoms with Crippen LogP contribution in [0.25, 0.3) is 0 Å². The third-order valence-electron chi connectivity index (χ3n) is 2.73. The number of hydrogen-bond donors (Lipinski definition) is 2. The first-order valence-electron chi connectivity index (χ1n) is 6.14. The van der Waals surface area contributed by atoms with Crippen molar-refractivity contribution in [2.75, 3.05) is 0 Å². The first-order valence-corrected chi connectivity index (χ1v) is 7.73. The van der Waals surface area contributed by atoms with Crippen molar-refractivity contribution in [3.8, 4) is 5.75 Å². The number of carbonyl (C=O) groups is 1. The molecule has 0 bridgehead atoms. The summed E-state index contributed by atoms with van der Waals surface area (Å²) in [5.74, 6) is -0.831. The van der Waals surface area contributed by atoms with Crippen LogP contribution in [-0.2, 0) is 0 Å². The predicted molar refractivity (Wildman–Crippen MR) is 91.7 cm³/mol. The van der Waals surface area contributed by atoms with Gasteiger partial charge < -0.3 is 5.11 Å². The van der Waals surface area contributed by atoms with Crippen molar-refractivity contribution >= 4 is 49.7 Å². The zero-order valence-electron chi connectivity index (χ0n) is 11.4. The summed E-state index contributed by atoms with van der Waals surface area (Å²) in [5.41, 5.74) is 2.66. The fourth-order valence-electron chi connectivity index (χ4n) is 1.68. The number of aromatic hydroxyl groups is 1. The molecule has 1 amide bonds. The van der Waals surface area contributed by atoms with Crippen LogP contribution in [0.1, 0.15) is 15.9 Å². The summed E-state index contributed by atoms with van der Waals surface area (Å²) in [6.45, 7) is 0. The van der Waals surface area contributed by atoms with Gasteiger partial charge in [0, 0.05) is 22.2 Å². The monoisotopic (exact) mass is 441 g/mol. The van der Waals surface area contributed by atoms with E-state index in [-0.39, 0.29) is 17.0 Å². The number of rotatable bonds is 4. The van der Waals surface area contributed by atoms with E-state index in [1.807, 2.05) is 0 Å². The third-order valence-corrected chi connectivity index (χ3v) is 3.80. The predicted octanol–water partition coefficient (Wildman–Crippen LogP) is 3.59. The highest BCUT2D eigenvalue weighted by molar-refractivity contribution is 9.11. The fourth-order valence-corrected chi connectivity index (χ4v) is 2.91.